The van der Waals surface area contributed by atoms with Gasteiger partial charge in [0.15, 0.2) is 0 Å². The fourth-order valence-corrected chi connectivity index (χ4v) is 5.07. The molecule has 4 nitrogen and oxygen atoms in total. The lowest BCUT2D eigenvalue weighted by atomic mass is 9.69. The zero-order valence-electron chi connectivity index (χ0n) is 15.7. The number of hydrogen-bond donors (Lipinski definition) is 2. The van der Waals surface area contributed by atoms with Gasteiger partial charge in [-0.2, -0.15) is 0 Å². The summed E-state index contributed by atoms with van der Waals surface area (Å²) in [5.41, 5.74) is 2.61. The highest BCUT2D eigenvalue weighted by atomic mass is 16.5. The van der Waals surface area contributed by atoms with E-state index in [1.165, 1.54) is 5.69 Å². The Kier molecular flexibility index (Phi) is 4.07. The highest BCUT2D eigenvalue weighted by molar-refractivity contribution is 5.75. The minimum Gasteiger partial charge on any atom is -0.497 e. The molecule has 0 radical (unpaired) electrons. The molecule has 1 aromatic rings. The molecule has 1 aromatic carbocycles. The molecular formula is C20H31N3O. The van der Waals surface area contributed by atoms with Crippen molar-refractivity contribution in [1.82, 2.24) is 5.32 Å². The molecule has 0 atom stereocenters. The average molecular weight is 329 g/mol. The van der Waals surface area contributed by atoms with Gasteiger partial charge in [-0.25, -0.2) is 0 Å². The van der Waals surface area contributed by atoms with Crippen LogP contribution in [0.2, 0.25) is 0 Å². The van der Waals surface area contributed by atoms with E-state index in [0.29, 0.717) is 0 Å². The van der Waals surface area contributed by atoms with Crippen LogP contribution in [0.25, 0.3) is 0 Å². The number of hydrogen-bond acceptors (Lipinski definition) is 4. The average Bonchev–Trinajstić information content (AvgIpc) is 2.42. The summed E-state index contributed by atoms with van der Waals surface area (Å²) in [5.74, 6) is 0.893. The number of rotatable bonds is 3. The molecule has 132 valence electrons. The predicted molar refractivity (Wildman–Crippen MR) is 102 cm³/mol. The van der Waals surface area contributed by atoms with Crippen LogP contribution in [-0.4, -0.2) is 36.8 Å². The van der Waals surface area contributed by atoms with E-state index in [1.54, 1.807) is 7.11 Å². The topological polar surface area (TPSA) is 36.5 Å². The molecule has 0 amide bonds. The third-order valence-electron chi connectivity index (χ3n) is 5.02. The van der Waals surface area contributed by atoms with E-state index in [1.807, 2.05) is 12.1 Å². The first-order valence-electron chi connectivity index (χ1n) is 8.79. The molecular weight excluding hydrogens is 298 g/mol. The Balaban J connectivity index is 2.03. The largest absolute Gasteiger partial charge is 0.497 e. The van der Waals surface area contributed by atoms with Gasteiger partial charge in [-0.1, -0.05) is 6.08 Å². The van der Waals surface area contributed by atoms with Crippen molar-refractivity contribution in [2.45, 2.75) is 57.2 Å². The zero-order valence-corrected chi connectivity index (χ0v) is 15.7. The maximum Gasteiger partial charge on any atom is 0.121 e. The van der Waals surface area contributed by atoms with E-state index in [9.17, 15) is 0 Å². The maximum atomic E-state index is 5.44. The Morgan fingerprint density at radius 2 is 1.88 bits per heavy atom. The second kappa shape index (κ2) is 5.69. The lowest BCUT2D eigenvalue weighted by Crippen LogP contribution is -2.69. The Hall–Kier alpha value is -1.68. The van der Waals surface area contributed by atoms with Crippen LogP contribution in [0.3, 0.4) is 0 Å². The van der Waals surface area contributed by atoms with Crippen molar-refractivity contribution < 1.29 is 4.74 Å². The van der Waals surface area contributed by atoms with E-state index in [2.05, 4.69) is 61.9 Å². The molecule has 0 unspecified atom stereocenters. The predicted octanol–water partition coefficient (Wildman–Crippen LogP) is 3.79. The zero-order chi connectivity index (χ0) is 17.6. The van der Waals surface area contributed by atoms with E-state index in [4.69, 9.17) is 4.74 Å². The van der Waals surface area contributed by atoms with Crippen LogP contribution in [0.4, 0.5) is 11.4 Å². The Bertz CT molecular complexity index is 620. The minimum absolute atomic E-state index is 0.0423. The highest BCUT2D eigenvalue weighted by Gasteiger charge is 2.49. The summed E-state index contributed by atoms with van der Waals surface area (Å²) in [7, 11) is 1.72. The van der Waals surface area contributed by atoms with Crippen molar-refractivity contribution in [1.29, 1.82) is 0 Å². The van der Waals surface area contributed by atoms with E-state index < -0.39 is 0 Å². The molecule has 2 aliphatic rings. The van der Waals surface area contributed by atoms with Gasteiger partial charge in [-0.05, 0) is 52.7 Å². The standard InChI is InChI=1S/C20H31N3O/c1-7-10-23-14-20(12-18(2,3)22-19(4,5)13-20)21-16-11-15(24-6)8-9-17(16)23/h7-9,11,21-22H,1,10,12-14H2,2-6H3. The van der Waals surface area contributed by atoms with Crippen LogP contribution in [0.1, 0.15) is 40.5 Å². The molecule has 0 saturated carbocycles. The van der Waals surface area contributed by atoms with Gasteiger partial charge in [0.2, 0.25) is 0 Å². The van der Waals surface area contributed by atoms with Crippen LogP contribution in [0.15, 0.2) is 30.9 Å². The number of methoxy groups -OCH3 is 1. The molecule has 2 heterocycles. The van der Waals surface area contributed by atoms with Gasteiger partial charge >= 0.3 is 0 Å². The molecule has 2 aliphatic heterocycles. The summed E-state index contributed by atoms with van der Waals surface area (Å²) >= 11 is 0. The number of piperidine rings is 1. The Morgan fingerprint density at radius 1 is 1.21 bits per heavy atom. The van der Waals surface area contributed by atoms with Crippen molar-refractivity contribution in [3.8, 4) is 5.75 Å². The number of nitrogens with one attached hydrogen (secondary N) is 2. The van der Waals surface area contributed by atoms with Gasteiger partial charge < -0.3 is 20.3 Å². The fourth-order valence-electron chi connectivity index (χ4n) is 5.07. The molecule has 1 fully saturated rings. The number of benzene rings is 1. The molecule has 2 N–H and O–H groups in total. The lowest BCUT2D eigenvalue weighted by Gasteiger charge is -2.57. The number of fused-ring (bicyclic) bond motifs is 1. The highest BCUT2D eigenvalue weighted by Crippen LogP contribution is 2.45. The summed E-state index contributed by atoms with van der Waals surface area (Å²) in [6.07, 6.45) is 4.14. The molecule has 4 heteroatoms. The number of nitrogens with zero attached hydrogens (tertiary/aromatic N) is 1. The number of anilines is 2. The summed E-state index contributed by atoms with van der Waals surface area (Å²) in [5, 5.41) is 7.68. The quantitative estimate of drug-likeness (QED) is 0.827. The van der Waals surface area contributed by atoms with Crippen LogP contribution < -0.4 is 20.3 Å². The van der Waals surface area contributed by atoms with Gasteiger partial charge in [0, 0.05) is 30.2 Å². The second-order valence-corrected chi connectivity index (χ2v) is 8.70. The summed E-state index contributed by atoms with van der Waals surface area (Å²) in [4.78, 5) is 2.44. The second-order valence-electron chi connectivity index (χ2n) is 8.70. The number of ether oxygens (including phenoxy) is 1. The van der Waals surface area contributed by atoms with Crippen molar-refractivity contribution >= 4 is 11.4 Å². The monoisotopic (exact) mass is 329 g/mol. The molecule has 1 saturated heterocycles. The summed E-state index contributed by atoms with van der Waals surface area (Å²) in [6.45, 7) is 15.0. The van der Waals surface area contributed by atoms with Crippen molar-refractivity contribution in [2.24, 2.45) is 0 Å². The van der Waals surface area contributed by atoms with Gasteiger partial charge in [-0.3, -0.25) is 0 Å². The van der Waals surface area contributed by atoms with Gasteiger partial charge in [0.1, 0.15) is 5.75 Å². The van der Waals surface area contributed by atoms with Crippen molar-refractivity contribution in [3.05, 3.63) is 30.9 Å². The summed E-state index contributed by atoms with van der Waals surface area (Å²) < 4.78 is 5.44. The molecule has 0 aliphatic carbocycles. The Labute approximate surface area is 146 Å². The van der Waals surface area contributed by atoms with Gasteiger partial charge in [0.05, 0.1) is 24.0 Å². The molecule has 24 heavy (non-hydrogen) atoms. The van der Waals surface area contributed by atoms with Crippen LogP contribution >= 0.6 is 0 Å². The smallest absolute Gasteiger partial charge is 0.121 e. The van der Waals surface area contributed by atoms with Crippen molar-refractivity contribution in [3.63, 3.8) is 0 Å². The Morgan fingerprint density at radius 3 is 2.46 bits per heavy atom. The molecule has 3 rings (SSSR count). The van der Waals surface area contributed by atoms with Crippen molar-refractivity contribution in [2.75, 3.05) is 30.4 Å². The normalized spacial score (nSPS) is 23.3. The first kappa shape index (κ1) is 17.2. The third kappa shape index (κ3) is 3.25. The third-order valence-corrected chi connectivity index (χ3v) is 5.02. The fraction of sp³-hybridized carbons (Fsp3) is 0.600. The first-order chi connectivity index (χ1) is 11.2. The molecule has 0 bridgehead atoms. The van der Waals surface area contributed by atoms with Crippen LogP contribution in [0.5, 0.6) is 5.75 Å². The van der Waals surface area contributed by atoms with Gasteiger partial charge in [-0.15, -0.1) is 6.58 Å². The van der Waals surface area contributed by atoms with E-state index in [-0.39, 0.29) is 16.6 Å². The SMILES string of the molecule is C=CCN1CC2(CC(C)(C)NC(C)(C)C2)Nc2cc(OC)ccc21. The van der Waals surface area contributed by atoms with Gasteiger partial charge in [0.25, 0.3) is 0 Å². The summed E-state index contributed by atoms with van der Waals surface area (Å²) in [6, 6.07) is 6.30. The van der Waals surface area contributed by atoms with Crippen LogP contribution in [0, 0.1) is 0 Å². The minimum atomic E-state index is 0.0423. The lowest BCUT2D eigenvalue weighted by molar-refractivity contribution is 0.119. The molecule has 0 aromatic heterocycles. The maximum absolute atomic E-state index is 5.44. The van der Waals surface area contributed by atoms with E-state index in [0.717, 1.165) is 37.4 Å². The van der Waals surface area contributed by atoms with Crippen LogP contribution in [-0.2, 0) is 0 Å². The molecule has 1 spiro atoms. The van der Waals surface area contributed by atoms with E-state index >= 15 is 0 Å². The first-order valence-corrected chi connectivity index (χ1v) is 8.79.